The van der Waals surface area contributed by atoms with Crippen molar-refractivity contribution in [3.05, 3.63) is 108 Å². The lowest BCUT2D eigenvalue weighted by atomic mass is 9.87. The highest BCUT2D eigenvalue weighted by molar-refractivity contribution is 5.61. The van der Waals surface area contributed by atoms with Gasteiger partial charge in [0.25, 0.3) is 0 Å². The van der Waals surface area contributed by atoms with E-state index in [4.69, 9.17) is 0 Å². The van der Waals surface area contributed by atoms with Crippen molar-refractivity contribution in [1.82, 2.24) is 0 Å². The lowest BCUT2D eigenvalue weighted by Gasteiger charge is -2.18. The standard InChI is InChI=1S/C36H42N6/c1-34(2,3)25-10-16-28(17-11-25)37-40-31-22-32(41-38-29-18-12-26(13-19-29)35(4,5)6)24-33(23-31)42-39-30-20-14-27(15-21-30)36(7,8)9/h10-24H,1-9H3. The average Bonchev–Trinajstić information content (AvgIpc) is 2.93. The fraction of sp³-hybridized carbons (Fsp3) is 0.333. The van der Waals surface area contributed by atoms with Crippen molar-refractivity contribution in [2.75, 3.05) is 0 Å². The van der Waals surface area contributed by atoms with Gasteiger partial charge in [0.1, 0.15) is 0 Å². The van der Waals surface area contributed by atoms with Crippen molar-refractivity contribution in [2.45, 2.75) is 78.6 Å². The average molecular weight is 559 g/mol. The van der Waals surface area contributed by atoms with Crippen LogP contribution in [0.1, 0.15) is 79.0 Å². The summed E-state index contributed by atoms with van der Waals surface area (Å²) < 4.78 is 0. The largest absolute Gasteiger partial charge is 0.151 e. The van der Waals surface area contributed by atoms with Gasteiger partial charge >= 0.3 is 0 Å². The summed E-state index contributed by atoms with van der Waals surface area (Å²) in [7, 11) is 0. The number of rotatable bonds is 6. The molecule has 6 nitrogen and oxygen atoms in total. The fourth-order valence-electron chi connectivity index (χ4n) is 4.18. The predicted octanol–water partition coefficient (Wildman–Crippen LogP) is 12.8. The Labute approximate surface area is 250 Å². The Hall–Kier alpha value is -4.32. The highest BCUT2D eigenvalue weighted by atomic mass is 15.1. The van der Waals surface area contributed by atoms with E-state index in [1.54, 1.807) is 0 Å². The summed E-state index contributed by atoms with van der Waals surface area (Å²) in [5, 5.41) is 26.9. The van der Waals surface area contributed by atoms with E-state index < -0.39 is 0 Å². The second-order valence-corrected chi connectivity index (χ2v) is 13.7. The first-order chi connectivity index (χ1) is 19.7. The fourth-order valence-corrected chi connectivity index (χ4v) is 4.18. The highest BCUT2D eigenvalue weighted by Crippen LogP contribution is 2.33. The van der Waals surface area contributed by atoms with E-state index in [-0.39, 0.29) is 16.2 Å². The molecule has 0 aliphatic carbocycles. The van der Waals surface area contributed by atoms with Gasteiger partial charge in [0, 0.05) is 0 Å². The third kappa shape index (κ3) is 8.59. The van der Waals surface area contributed by atoms with Gasteiger partial charge in [-0.2, -0.15) is 30.7 Å². The molecule has 0 amide bonds. The molecule has 0 heterocycles. The summed E-state index contributed by atoms with van der Waals surface area (Å²) in [4.78, 5) is 0. The van der Waals surface area contributed by atoms with Crippen LogP contribution in [0, 0.1) is 0 Å². The second-order valence-electron chi connectivity index (χ2n) is 13.7. The zero-order chi connectivity index (χ0) is 30.5. The van der Waals surface area contributed by atoms with Gasteiger partial charge in [-0.05, 0) is 87.5 Å². The first-order valence-electron chi connectivity index (χ1n) is 14.4. The minimum atomic E-state index is 0.0784. The zero-order valence-corrected chi connectivity index (χ0v) is 26.3. The van der Waals surface area contributed by atoms with Crippen molar-refractivity contribution in [2.24, 2.45) is 30.7 Å². The number of azo groups is 3. The summed E-state index contributed by atoms with van der Waals surface area (Å²) in [6.45, 7) is 19.7. The Morgan fingerprint density at radius 3 is 0.667 bits per heavy atom. The van der Waals surface area contributed by atoms with Gasteiger partial charge in [-0.15, -0.1) is 0 Å². The van der Waals surface area contributed by atoms with E-state index in [2.05, 4.69) is 129 Å². The molecule has 42 heavy (non-hydrogen) atoms. The normalized spacial score (nSPS) is 13.1. The summed E-state index contributed by atoms with van der Waals surface area (Å²) in [5.74, 6) is 0. The molecule has 0 aliphatic rings. The molecule has 0 aliphatic heterocycles. The molecular weight excluding hydrogens is 516 g/mol. The third-order valence-corrected chi connectivity index (χ3v) is 6.93. The minimum absolute atomic E-state index is 0.0784. The molecule has 6 heteroatoms. The molecular formula is C36H42N6. The van der Waals surface area contributed by atoms with Crippen LogP contribution >= 0.6 is 0 Å². The molecule has 0 unspecified atom stereocenters. The Morgan fingerprint density at radius 2 is 0.476 bits per heavy atom. The van der Waals surface area contributed by atoms with Crippen LogP contribution in [0.5, 0.6) is 0 Å². The highest BCUT2D eigenvalue weighted by Gasteiger charge is 2.14. The molecule has 0 bridgehead atoms. The zero-order valence-electron chi connectivity index (χ0n) is 26.3. The molecule has 0 spiro atoms. The van der Waals surface area contributed by atoms with Crippen molar-refractivity contribution < 1.29 is 0 Å². The number of hydrogen-bond acceptors (Lipinski definition) is 6. The van der Waals surface area contributed by atoms with E-state index in [0.29, 0.717) is 17.1 Å². The maximum atomic E-state index is 4.50. The molecule has 4 aromatic carbocycles. The van der Waals surface area contributed by atoms with Gasteiger partial charge in [0.05, 0.1) is 34.1 Å². The SMILES string of the molecule is CC(C)(C)c1ccc(N=Nc2cc(N=Nc3ccc(C(C)(C)C)cc3)cc(N=Nc3ccc(C(C)(C)C)cc3)c2)cc1. The van der Waals surface area contributed by atoms with Crippen LogP contribution in [0.3, 0.4) is 0 Å². The Morgan fingerprint density at radius 1 is 0.286 bits per heavy atom. The van der Waals surface area contributed by atoms with Gasteiger partial charge in [-0.25, -0.2) is 0 Å². The Balaban J connectivity index is 1.63. The topological polar surface area (TPSA) is 74.2 Å². The monoisotopic (exact) mass is 558 g/mol. The van der Waals surface area contributed by atoms with Gasteiger partial charge in [0.15, 0.2) is 0 Å². The Bertz CT molecular complexity index is 1370. The van der Waals surface area contributed by atoms with Crippen molar-refractivity contribution in [3.8, 4) is 0 Å². The number of benzene rings is 4. The van der Waals surface area contributed by atoms with Crippen LogP contribution < -0.4 is 0 Å². The molecule has 0 N–H and O–H groups in total. The van der Waals surface area contributed by atoms with E-state index in [0.717, 1.165) is 17.1 Å². The molecule has 0 aromatic heterocycles. The molecule has 216 valence electrons. The molecule has 0 fully saturated rings. The van der Waals surface area contributed by atoms with Crippen molar-refractivity contribution in [3.63, 3.8) is 0 Å². The van der Waals surface area contributed by atoms with Crippen LogP contribution in [0.2, 0.25) is 0 Å². The molecule has 0 saturated heterocycles. The predicted molar refractivity (Wildman–Crippen MR) is 174 cm³/mol. The van der Waals surface area contributed by atoms with Gasteiger partial charge in [0.2, 0.25) is 0 Å². The van der Waals surface area contributed by atoms with Crippen LogP contribution in [0.25, 0.3) is 0 Å². The smallest absolute Gasteiger partial charge is 0.0901 e. The molecule has 0 radical (unpaired) electrons. The molecule has 4 rings (SSSR count). The number of hydrogen-bond donors (Lipinski definition) is 0. The maximum absolute atomic E-state index is 4.50. The Kier molecular flexibility index (Phi) is 8.95. The summed E-state index contributed by atoms with van der Waals surface area (Å²) >= 11 is 0. The third-order valence-electron chi connectivity index (χ3n) is 6.93. The van der Waals surface area contributed by atoms with Gasteiger partial charge < -0.3 is 0 Å². The molecule has 0 atom stereocenters. The first kappa shape index (κ1) is 30.6. The van der Waals surface area contributed by atoms with Crippen molar-refractivity contribution >= 4 is 34.1 Å². The molecule has 4 aromatic rings. The molecule has 0 saturated carbocycles. The summed E-state index contributed by atoms with van der Waals surface area (Å²) in [6.07, 6.45) is 0. The van der Waals surface area contributed by atoms with Gasteiger partial charge in [-0.1, -0.05) is 98.7 Å². The van der Waals surface area contributed by atoms with E-state index in [1.807, 2.05) is 54.6 Å². The van der Waals surface area contributed by atoms with Crippen molar-refractivity contribution in [1.29, 1.82) is 0 Å². The quantitative estimate of drug-likeness (QED) is 0.211. The van der Waals surface area contributed by atoms with Crippen LogP contribution in [-0.4, -0.2) is 0 Å². The lowest BCUT2D eigenvalue weighted by molar-refractivity contribution is 0.590. The minimum Gasteiger partial charge on any atom is -0.151 e. The maximum Gasteiger partial charge on any atom is 0.0901 e. The summed E-state index contributed by atoms with van der Waals surface area (Å²) in [5.41, 5.74) is 8.15. The second kappa shape index (κ2) is 12.3. The first-order valence-corrected chi connectivity index (χ1v) is 14.4. The summed E-state index contributed by atoms with van der Waals surface area (Å²) in [6, 6.07) is 30.0. The van der Waals surface area contributed by atoms with E-state index >= 15 is 0 Å². The van der Waals surface area contributed by atoms with Crippen LogP contribution in [0.4, 0.5) is 34.1 Å². The number of nitrogens with zero attached hydrogens (tertiary/aromatic N) is 6. The van der Waals surface area contributed by atoms with Gasteiger partial charge in [-0.3, -0.25) is 0 Å². The van der Waals surface area contributed by atoms with E-state index in [1.165, 1.54) is 16.7 Å². The van der Waals surface area contributed by atoms with Crippen LogP contribution in [-0.2, 0) is 16.2 Å². The lowest BCUT2D eigenvalue weighted by Crippen LogP contribution is -2.10. The van der Waals surface area contributed by atoms with E-state index in [9.17, 15) is 0 Å². The van der Waals surface area contributed by atoms with Crippen LogP contribution in [0.15, 0.2) is 122 Å².